The summed E-state index contributed by atoms with van der Waals surface area (Å²) < 4.78 is 12.9. The molecule has 4 heteroatoms. The molecule has 0 spiro atoms. The lowest BCUT2D eigenvalue weighted by Gasteiger charge is -1.96. The molecule has 82 valence electrons. The Balaban J connectivity index is 2.39. The summed E-state index contributed by atoms with van der Waals surface area (Å²) in [7, 11) is 0. The molecule has 0 aliphatic carbocycles. The third kappa shape index (κ3) is 2.02. The summed E-state index contributed by atoms with van der Waals surface area (Å²) in [5.41, 5.74) is 1.37. The van der Waals surface area contributed by atoms with E-state index in [0.29, 0.717) is 10.4 Å². The molecule has 0 aromatic carbocycles. The van der Waals surface area contributed by atoms with E-state index in [2.05, 4.69) is 4.98 Å². The molecule has 0 aliphatic rings. The van der Waals surface area contributed by atoms with E-state index in [-0.39, 0.29) is 5.78 Å². The molecule has 0 saturated carbocycles. The van der Waals surface area contributed by atoms with Gasteiger partial charge in [-0.15, -0.1) is 11.3 Å². The fraction of sp³-hybridized carbons (Fsp3) is 0.167. The van der Waals surface area contributed by atoms with Gasteiger partial charge in [-0.3, -0.25) is 9.78 Å². The summed E-state index contributed by atoms with van der Waals surface area (Å²) >= 11 is 1.42. The van der Waals surface area contributed by atoms with Crippen molar-refractivity contribution in [3.63, 3.8) is 0 Å². The molecule has 2 rings (SSSR count). The maximum absolute atomic E-state index is 12.9. The summed E-state index contributed by atoms with van der Waals surface area (Å²) in [6, 6.07) is 3.03. The van der Waals surface area contributed by atoms with Crippen molar-refractivity contribution in [1.82, 2.24) is 4.98 Å². The normalized spacial score (nSPS) is 10.4. The van der Waals surface area contributed by atoms with Gasteiger partial charge in [0.1, 0.15) is 5.82 Å². The number of aromatic nitrogens is 1. The zero-order valence-corrected chi connectivity index (χ0v) is 9.77. The van der Waals surface area contributed by atoms with Crippen LogP contribution in [0, 0.1) is 19.7 Å². The van der Waals surface area contributed by atoms with E-state index < -0.39 is 5.82 Å². The topological polar surface area (TPSA) is 30.0 Å². The Labute approximate surface area is 96.8 Å². The number of rotatable bonds is 2. The number of thiophene rings is 1. The van der Waals surface area contributed by atoms with Crippen LogP contribution in [-0.4, -0.2) is 10.8 Å². The van der Waals surface area contributed by atoms with Crippen molar-refractivity contribution >= 4 is 17.1 Å². The van der Waals surface area contributed by atoms with Crippen LogP contribution in [-0.2, 0) is 0 Å². The van der Waals surface area contributed by atoms with Gasteiger partial charge < -0.3 is 0 Å². The van der Waals surface area contributed by atoms with Crippen molar-refractivity contribution in [2.75, 3.05) is 0 Å². The molecule has 2 heterocycles. The molecular weight excluding hydrogens is 225 g/mol. The van der Waals surface area contributed by atoms with Gasteiger partial charge in [-0.05, 0) is 31.5 Å². The second kappa shape index (κ2) is 4.14. The number of hydrogen-bond acceptors (Lipinski definition) is 3. The quantitative estimate of drug-likeness (QED) is 0.748. The summed E-state index contributed by atoms with van der Waals surface area (Å²) in [6.07, 6.45) is 2.47. The first-order chi connectivity index (χ1) is 7.58. The van der Waals surface area contributed by atoms with Crippen molar-refractivity contribution in [1.29, 1.82) is 0 Å². The van der Waals surface area contributed by atoms with Crippen LogP contribution in [0.4, 0.5) is 4.39 Å². The molecule has 2 aromatic heterocycles. The number of carbonyl (C=O) groups excluding carboxylic acids is 1. The van der Waals surface area contributed by atoms with Crippen molar-refractivity contribution in [2.24, 2.45) is 0 Å². The lowest BCUT2D eigenvalue weighted by molar-refractivity contribution is 0.104. The highest BCUT2D eigenvalue weighted by molar-refractivity contribution is 7.14. The van der Waals surface area contributed by atoms with Gasteiger partial charge in [0, 0.05) is 16.6 Å². The minimum absolute atomic E-state index is 0.173. The Kier molecular flexibility index (Phi) is 2.83. The van der Waals surface area contributed by atoms with E-state index in [0.717, 1.165) is 16.6 Å². The smallest absolute Gasteiger partial charge is 0.204 e. The number of ketones is 1. The van der Waals surface area contributed by atoms with Crippen LogP contribution in [0.25, 0.3) is 0 Å². The van der Waals surface area contributed by atoms with Crippen molar-refractivity contribution in [3.8, 4) is 0 Å². The molecule has 0 atom stereocenters. The lowest BCUT2D eigenvalue weighted by Crippen LogP contribution is -1.99. The molecule has 0 fully saturated rings. The first-order valence-electron chi connectivity index (χ1n) is 4.80. The number of halogens is 1. The Morgan fingerprint density at radius 2 is 2.06 bits per heavy atom. The van der Waals surface area contributed by atoms with Crippen LogP contribution < -0.4 is 0 Å². The fourth-order valence-corrected chi connectivity index (χ4v) is 2.36. The molecule has 0 saturated heterocycles. The van der Waals surface area contributed by atoms with Gasteiger partial charge >= 0.3 is 0 Å². The zero-order valence-electron chi connectivity index (χ0n) is 8.95. The van der Waals surface area contributed by atoms with Crippen LogP contribution >= 0.6 is 11.3 Å². The van der Waals surface area contributed by atoms with Gasteiger partial charge in [-0.2, -0.15) is 0 Å². The summed E-state index contributed by atoms with van der Waals surface area (Å²) in [4.78, 5) is 17.4. The standard InChI is InChI=1S/C12H10FNOS/c1-7-3-11(16-8(7)2)12(15)9-4-10(13)6-14-5-9/h3-6H,1-2H3. The second-order valence-corrected chi connectivity index (χ2v) is 4.83. The summed E-state index contributed by atoms with van der Waals surface area (Å²) in [6.45, 7) is 3.91. The Morgan fingerprint density at radius 1 is 1.31 bits per heavy atom. The molecule has 0 unspecified atom stereocenters. The van der Waals surface area contributed by atoms with E-state index >= 15 is 0 Å². The molecule has 16 heavy (non-hydrogen) atoms. The molecule has 0 bridgehead atoms. The highest BCUT2D eigenvalue weighted by Crippen LogP contribution is 2.23. The van der Waals surface area contributed by atoms with E-state index in [1.807, 2.05) is 19.9 Å². The zero-order chi connectivity index (χ0) is 11.7. The van der Waals surface area contributed by atoms with Gasteiger partial charge in [0.25, 0.3) is 0 Å². The van der Waals surface area contributed by atoms with E-state index in [9.17, 15) is 9.18 Å². The molecule has 0 amide bonds. The molecule has 0 N–H and O–H groups in total. The maximum atomic E-state index is 12.9. The average Bonchev–Trinajstić information content (AvgIpc) is 2.58. The third-order valence-electron chi connectivity index (χ3n) is 2.36. The van der Waals surface area contributed by atoms with E-state index in [4.69, 9.17) is 0 Å². The van der Waals surface area contributed by atoms with Gasteiger partial charge in [0.05, 0.1) is 11.1 Å². The Bertz CT molecular complexity index is 528. The van der Waals surface area contributed by atoms with Gasteiger partial charge in [-0.1, -0.05) is 0 Å². The van der Waals surface area contributed by atoms with Crippen molar-refractivity contribution in [2.45, 2.75) is 13.8 Å². The van der Waals surface area contributed by atoms with Crippen LogP contribution in [0.5, 0.6) is 0 Å². The number of nitrogens with zero attached hydrogens (tertiary/aromatic N) is 1. The van der Waals surface area contributed by atoms with Crippen molar-refractivity contribution < 1.29 is 9.18 Å². The monoisotopic (exact) mass is 235 g/mol. The van der Waals surface area contributed by atoms with Gasteiger partial charge in [0.15, 0.2) is 0 Å². The number of aryl methyl sites for hydroxylation is 2. The lowest BCUT2D eigenvalue weighted by atomic mass is 10.1. The molecular formula is C12H10FNOS. The predicted octanol–water partition coefficient (Wildman–Crippen LogP) is 3.13. The SMILES string of the molecule is Cc1cc(C(=O)c2cncc(F)c2)sc1C. The molecule has 2 aromatic rings. The molecule has 0 radical (unpaired) electrons. The number of hydrogen-bond donors (Lipinski definition) is 0. The predicted molar refractivity (Wildman–Crippen MR) is 61.4 cm³/mol. The minimum atomic E-state index is -0.490. The van der Waals surface area contributed by atoms with E-state index in [1.165, 1.54) is 23.6 Å². The highest BCUT2D eigenvalue weighted by Gasteiger charge is 2.13. The van der Waals surface area contributed by atoms with Crippen LogP contribution in [0.15, 0.2) is 24.5 Å². The van der Waals surface area contributed by atoms with Crippen LogP contribution in [0.2, 0.25) is 0 Å². The van der Waals surface area contributed by atoms with Gasteiger partial charge in [-0.25, -0.2) is 4.39 Å². The van der Waals surface area contributed by atoms with Crippen LogP contribution in [0.3, 0.4) is 0 Å². The second-order valence-electron chi connectivity index (χ2n) is 3.57. The van der Waals surface area contributed by atoms with E-state index in [1.54, 1.807) is 0 Å². The summed E-state index contributed by atoms with van der Waals surface area (Å²) in [5.74, 6) is -0.663. The molecule has 0 aliphatic heterocycles. The first kappa shape index (κ1) is 11.0. The molecule has 2 nitrogen and oxygen atoms in total. The van der Waals surface area contributed by atoms with Gasteiger partial charge in [0.2, 0.25) is 5.78 Å². The third-order valence-corrected chi connectivity index (χ3v) is 3.51. The number of carbonyl (C=O) groups is 1. The Morgan fingerprint density at radius 3 is 2.62 bits per heavy atom. The number of pyridine rings is 1. The first-order valence-corrected chi connectivity index (χ1v) is 5.62. The highest BCUT2D eigenvalue weighted by atomic mass is 32.1. The minimum Gasteiger partial charge on any atom is -0.288 e. The Hall–Kier alpha value is -1.55. The largest absolute Gasteiger partial charge is 0.288 e. The summed E-state index contributed by atoms with van der Waals surface area (Å²) in [5, 5.41) is 0. The maximum Gasteiger partial charge on any atom is 0.204 e. The van der Waals surface area contributed by atoms with Crippen LogP contribution in [0.1, 0.15) is 25.7 Å². The van der Waals surface area contributed by atoms with Crippen molar-refractivity contribution in [3.05, 3.63) is 51.2 Å². The fourth-order valence-electron chi connectivity index (χ4n) is 1.36. The average molecular weight is 235 g/mol.